The van der Waals surface area contributed by atoms with E-state index in [1.165, 1.54) is 12.1 Å². The summed E-state index contributed by atoms with van der Waals surface area (Å²) in [5.74, 6) is 0.205. The summed E-state index contributed by atoms with van der Waals surface area (Å²) in [6, 6.07) is 9.88. The van der Waals surface area contributed by atoms with Gasteiger partial charge < -0.3 is 26.2 Å². The number of benzene rings is 2. The molecule has 0 saturated carbocycles. The van der Waals surface area contributed by atoms with Gasteiger partial charge in [-0.2, -0.15) is 0 Å². The molecule has 0 amide bonds. The molecule has 1 aliphatic heterocycles. The Morgan fingerprint density at radius 1 is 0.913 bits per heavy atom. The van der Waals surface area contributed by atoms with Gasteiger partial charge in [0.2, 0.25) is 0 Å². The third kappa shape index (κ3) is 5.10. The van der Waals surface area contributed by atoms with E-state index in [-0.39, 0.29) is 16.5 Å². The monoisotopic (exact) mass is 355 g/mol. The highest BCUT2D eigenvalue weighted by Gasteiger charge is 2.11. The van der Waals surface area contributed by atoms with Crippen LogP contribution in [0.25, 0.3) is 0 Å². The van der Waals surface area contributed by atoms with E-state index in [1.807, 2.05) is 12.1 Å². The molecule has 0 bridgehead atoms. The highest BCUT2D eigenvalue weighted by molar-refractivity contribution is 6.32. The Bertz CT molecular complexity index is 662. The van der Waals surface area contributed by atoms with Crippen LogP contribution in [0.2, 0.25) is 10.0 Å². The zero-order valence-electron chi connectivity index (χ0n) is 12.5. The number of hydrogen-bond acceptors (Lipinski definition) is 5. The van der Waals surface area contributed by atoms with Crippen molar-refractivity contribution in [2.45, 2.75) is 0 Å². The first-order chi connectivity index (χ1) is 11.0. The molecule has 0 aromatic heterocycles. The van der Waals surface area contributed by atoms with Gasteiger partial charge in [-0.1, -0.05) is 23.2 Å². The van der Waals surface area contributed by atoms with Crippen LogP contribution in [0.1, 0.15) is 0 Å². The van der Waals surface area contributed by atoms with Gasteiger partial charge in [-0.25, -0.2) is 0 Å². The number of piperazine rings is 1. The Hall–Kier alpha value is -1.82. The number of rotatable bonds is 1. The zero-order chi connectivity index (χ0) is 16.8. The van der Waals surface area contributed by atoms with E-state index in [0.29, 0.717) is 10.7 Å². The molecular weight excluding hydrogens is 337 g/mol. The molecule has 0 radical (unpaired) electrons. The molecule has 5 N–H and O–H groups in total. The first-order valence-corrected chi connectivity index (χ1v) is 7.91. The maximum absolute atomic E-state index is 9.28. The zero-order valence-corrected chi connectivity index (χ0v) is 14.0. The summed E-state index contributed by atoms with van der Waals surface area (Å²) in [7, 11) is 0. The van der Waals surface area contributed by atoms with E-state index in [2.05, 4.69) is 10.2 Å². The second-order valence-electron chi connectivity index (χ2n) is 5.08. The largest absolute Gasteiger partial charge is 0.506 e. The summed E-state index contributed by atoms with van der Waals surface area (Å²) < 4.78 is 0. The highest BCUT2D eigenvalue weighted by atomic mass is 35.5. The minimum absolute atomic E-state index is 0.0610. The average molecular weight is 356 g/mol. The van der Waals surface area contributed by atoms with Crippen molar-refractivity contribution in [2.75, 3.05) is 36.8 Å². The first-order valence-electron chi connectivity index (χ1n) is 7.15. The van der Waals surface area contributed by atoms with E-state index in [9.17, 15) is 5.11 Å². The normalized spacial score (nSPS) is 14.1. The Labute approximate surface area is 145 Å². The van der Waals surface area contributed by atoms with Gasteiger partial charge in [-0.3, -0.25) is 0 Å². The second-order valence-corrected chi connectivity index (χ2v) is 5.90. The van der Waals surface area contributed by atoms with Gasteiger partial charge in [-0.05, 0) is 36.4 Å². The Morgan fingerprint density at radius 3 is 2.00 bits per heavy atom. The van der Waals surface area contributed by atoms with Crippen molar-refractivity contribution in [3.05, 3.63) is 46.4 Å². The van der Waals surface area contributed by atoms with Crippen LogP contribution in [-0.2, 0) is 0 Å². The number of nitrogens with one attached hydrogen (secondary N) is 1. The van der Waals surface area contributed by atoms with Gasteiger partial charge >= 0.3 is 0 Å². The molecule has 1 heterocycles. The molecule has 23 heavy (non-hydrogen) atoms. The topological polar surface area (TPSA) is 81.8 Å². The minimum atomic E-state index is 0.0610. The van der Waals surface area contributed by atoms with Crippen LogP contribution in [0, 0.1) is 0 Å². The summed E-state index contributed by atoms with van der Waals surface area (Å²) >= 11 is 11.3. The summed E-state index contributed by atoms with van der Waals surface area (Å²) in [6.45, 7) is 3.97. The number of nitrogens with zero attached hydrogens (tertiary/aromatic N) is 1. The van der Waals surface area contributed by atoms with Crippen LogP contribution in [0.15, 0.2) is 36.4 Å². The lowest BCUT2D eigenvalue weighted by Gasteiger charge is -2.29. The van der Waals surface area contributed by atoms with Crippen molar-refractivity contribution in [3.8, 4) is 11.5 Å². The van der Waals surface area contributed by atoms with Crippen LogP contribution < -0.4 is 16.0 Å². The fourth-order valence-corrected chi connectivity index (χ4v) is 2.50. The molecule has 0 aliphatic carbocycles. The highest BCUT2D eigenvalue weighted by Crippen LogP contribution is 2.28. The number of hydrogen-bond donors (Lipinski definition) is 4. The molecule has 7 heteroatoms. The van der Waals surface area contributed by atoms with Crippen molar-refractivity contribution in [3.63, 3.8) is 0 Å². The second kappa shape index (κ2) is 8.15. The molecule has 1 saturated heterocycles. The lowest BCUT2D eigenvalue weighted by molar-refractivity contribution is 0.475. The molecule has 5 nitrogen and oxygen atoms in total. The van der Waals surface area contributed by atoms with Gasteiger partial charge in [-0.15, -0.1) is 0 Å². The lowest BCUT2D eigenvalue weighted by atomic mass is 10.2. The van der Waals surface area contributed by atoms with Crippen molar-refractivity contribution in [1.82, 2.24) is 5.32 Å². The quantitative estimate of drug-likeness (QED) is 0.466. The van der Waals surface area contributed by atoms with Crippen LogP contribution in [0.3, 0.4) is 0 Å². The summed E-state index contributed by atoms with van der Waals surface area (Å²) in [6.07, 6.45) is 0. The van der Waals surface area contributed by atoms with E-state index in [4.69, 9.17) is 34.0 Å². The first kappa shape index (κ1) is 17.5. The smallest absolute Gasteiger partial charge is 0.134 e. The van der Waals surface area contributed by atoms with Gasteiger partial charge in [0.1, 0.15) is 11.5 Å². The third-order valence-corrected chi connectivity index (χ3v) is 3.99. The molecule has 2 aromatic rings. The summed E-state index contributed by atoms with van der Waals surface area (Å²) in [5.41, 5.74) is 6.96. The predicted octanol–water partition coefficient (Wildman–Crippen LogP) is 3.08. The van der Waals surface area contributed by atoms with Crippen LogP contribution in [0.4, 0.5) is 11.4 Å². The fraction of sp³-hybridized carbons (Fsp3) is 0.250. The average Bonchev–Trinajstić information content (AvgIpc) is 2.55. The standard InChI is InChI=1S/C10H13ClN2O.C6H6ClNO/c11-9-7-8(1-2-10(9)14)13-5-3-12-4-6-13;7-5-3-4(8)1-2-6(5)9/h1-2,7,12,14H,3-6H2;1-3,9H,8H2. The predicted molar refractivity (Wildman–Crippen MR) is 95.7 cm³/mol. The number of phenols is 2. The number of aromatic hydroxyl groups is 2. The number of nitrogen functional groups attached to an aromatic ring is 1. The minimum Gasteiger partial charge on any atom is -0.506 e. The fourth-order valence-electron chi connectivity index (χ4n) is 2.14. The number of halogens is 2. The Morgan fingerprint density at radius 2 is 1.48 bits per heavy atom. The molecule has 0 spiro atoms. The summed E-state index contributed by atoms with van der Waals surface area (Å²) in [4.78, 5) is 2.25. The Balaban J connectivity index is 0.000000185. The third-order valence-electron chi connectivity index (χ3n) is 3.39. The van der Waals surface area contributed by atoms with E-state index in [0.717, 1.165) is 31.9 Å². The summed E-state index contributed by atoms with van der Waals surface area (Å²) in [5, 5.41) is 22.1. The van der Waals surface area contributed by atoms with E-state index < -0.39 is 0 Å². The van der Waals surface area contributed by atoms with E-state index >= 15 is 0 Å². The lowest BCUT2D eigenvalue weighted by Crippen LogP contribution is -2.43. The van der Waals surface area contributed by atoms with Crippen molar-refractivity contribution in [1.29, 1.82) is 0 Å². The molecule has 124 valence electrons. The molecule has 0 atom stereocenters. The van der Waals surface area contributed by atoms with Crippen LogP contribution in [0.5, 0.6) is 11.5 Å². The molecule has 3 rings (SSSR count). The van der Waals surface area contributed by atoms with Gasteiger partial charge in [0.15, 0.2) is 0 Å². The van der Waals surface area contributed by atoms with Crippen molar-refractivity contribution < 1.29 is 10.2 Å². The number of anilines is 2. The van der Waals surface area contributed by atoms with Gasteiger partial charge in [0.25, 0.3) is 0 Å². The molecule has 1 aliphatic rings. The van der Waals surface area contributed by atoms with Gasteiger partial charge in [0.05, 0.1) is 10.0 Å². The number of phenolic OH excluding ortho intramolecular Hbond substituents is 2. The molecule has 0 unspecified atom stereocenters. The molecule has 1 fully saturated rings. The SMILES string of the molecule is Nc1ccc(O)c(Cl)c1.Oc1ccc(N2CCNCC2)cc1Cl. The molecule has 2 aromatic carbocycles. The van der Waals surface area contributed by atoms with Crippen molar-refractivity contribution >= 4 is 34.6 Å². The van der Waals surface area contributed by atoms with Gasteiger partial charge in [0, 0.05) is 37.6 Å². The Kier molecular flexibility index (Phi) is 6.21. The maximum atomic E-state index is 9.28. The number of nitrogens with two attached hydrogens (primary N) is 1. The van der Waals surface area contributed by atoms with Crippen LogP contribution >= 0.6 is 23.2 Å². The molecular formula is C16H19Cl2N3O2. The maximum Gasteiger partial charge on any atom is 0.134 e. The van der Waals surface area contributed by atoms with E-state index in [1.54, 1.807) is 12.1 Å². The van der Waals surface area contributed by atoms with Crippen LogP contribution in [-0.4, -0.2) is 36.4 Å². The van der Waals surface area contributed by atoms with Crippen molar-refractivity contribution in [2.24, 2.45) is 0 Å².